The summed E-state index contributed by atoms with van der Waals surface area (Å²) in [5.74, 6) is -1.14. The van der Waals surface area contributed by atoms with E-state index in [0.29, 0.717) is 17.7 Å². The number of rotatable bonds is 7. The Morgan fingerprint density at radius 3 is 2.47 bits per heavy atom. The van der Waals surface area contributed by atoms with Gasteiger partial charge in [0.1, 0.15) is 42.2 Å². The summed E-state index contributed by atoms with van der Waals surface area (Å²) in [5.41, 5.74) is 0.694. The number of hydrogen-bond donors (Lipinski definition) is 0. The van der Waals surface area contributed by atoms with Crippen molar-refractivity contribution < 1.29 is 47.5 Å². The van der Waals surface area contributed by atoms with Crippen LogP contribution in [0.4, 0.5) is 0 Å². The van der Waals surface area contributed by atoms with Crippen molar-refractivity contribution in [1.82, 2.24) is 0 Å². The highest BCUT2D eigenvalue weighted by atomic mass is 16.8. The zero-order chi connectivity index (χ0) is 26.3. The monoisotopic (exact) mass is 506 g/mol. The lowest BCUT2D eigenvalue weighted by Crippen LogP contribution is -2.33. The van der Waals surface area contributed by atoms with Gasteiger partial charge in [0.25, 0.3) is 0 Å². The Kier molecular flexibility index (Phi) is 9.63. The number of esters is 1. The zero-order valence-corrected chi connectivity index (χ0v) is 21.5. The van der Waals surface area contributed by atoms with E-state index in [1.54, 1.807) is 39.0 Å². The molecule has 0 unspecified atom stereocenters. The molecule has 2 aliphatic rings. The summed E-state index contributed by atoms with van der Waals surface area (Å²) in [4.78, 5) is 26.4. The third-order valence-corrected chi connectivity index (χ3v) is 5.59. The molecule has 0 aromatic heterocycles. The quantitative estimate of drug-likeness (QED) is 0.404. The molecular formula is C26H34O10. The van der Waals surface area contributed by atoms with Crippen LogP contribution in [0.15, 0.2) is 30.4 Å². The average Bonchev–Trinajstić information content (AvgIpc) is 3.15. The van der Waals surface area contributed by atoms with Crippen LogP contribution in [-0.4, -0.2) is 76.9 Å². The Hall–Kier alpha value is -2.76. The molecule has 1 aromatic rings. The zero-order valence-electron chi connectivity index (χ0n) is 21.5. The second kappa shape index (κ2) is 12.5. The Bertz CT molecular complexity index is 983. The fourth-order valence-corrected chi connectivity index (χ4v) is 3.97. The Labute approximate surface area is 211 Å². The van der Waals surface area contributed by atoms with E-state index in [1.807, 2.05) is 6.08 Å². The number of cyclic esters (lactones) is 1. The number of hydrogen-bond acceptors (Lipinski definition) is 10. The average molecular weight is 507 g/mol. The van der Waals surface area contributed by atoms with Crippen LogP contribution in [0.3, 0.4) is 0 Å². The van der Waals surface area contributed by atoms with Crippen molar-refractivity contribution in [2.75, 3.05) is 34.9 Å². The summed E-state index contributed by atoms with van der Waals surface area (Å²) in [6.07, 6.45) is 3.92. The summed E-state index contributed by atoms with van der Waals surface area (Å²) in [6, 6.07) is 3.28. The van der Waals surface area contributed by atoms with Gasteiger partial charge in [-0.05, 0) is 51.0 Å². The first-order chi connectivity index (χ1) is 17.2. The van der Waals surface area contributed by atoms with Gasteiger partial charge in [0, 0.05) is 20.3 Å². The minimum Gasteiger partial charge on any atom is -0.497 e. The third kappa shape index (κ3) is 6.92. The standard InChI is InChI=1S/C26H34O10/c1-16-20(32-14-29-4)11-10-19(27)24-21(35-26(2,3)36-24)9-7-8-17-12-18(31-6)13-22(33-15-30-5)23(17)25(28)34-16/h7-8,10-13,16,20-21,24H,9,14-15H2,1-6H3/b8-7+,11-10-/t16-,20+,21-,24+/m0/s1. The molecule has 2 aliphatic heterocycles. The van der Waals surface area contributed by atoms with E-state index in [2.05, 4.69) is 0 Å². The summed E-state index contributed by atoms with van der Waals surface area (Å²) < 4.78 is 44.4. The van der Waals surface area contributed by atoms with E-state index in [0.717, 1.165) is 0 Å². The van der Waals surface area contributed by atoms with Gasteiger partial charge in [-0.3, -0.25) is 4.79 Å². The minimum atomic E-state index is -0.929. The lowest BCUT2D eigenvalue weighted by molar-refractivity contribution is -0.152. The Morgan fingerprint density at radius 2 is 1.78 bits per heavy atom. The second-order valence-electron chi connectivity index (χ2n) is 8.78. The molecule has 0 spiro atoms. The summed E-state index contributed by atoms with van der Waals surface area (Å²) in [6.45, 7) is 5.03. The maximum Gasteiger partial charge on any atom is 0.342 e. The number of fused-ring (bicyclic) bond motifs is 2. The van der Waals surface area contributed by atoms with Gasteiger partial charge in [-0.1, -0.05) is 12.2 Å². The molecule has 0 bridgehead atoms. The minimum absolute atomic E-state index is 0.0670. The summed E-state index contributed by atoms with van der Waals surface area (Å²) in [7, 11) is 4.47. The molecule has 0 aliphatic carbocycles. The maximum atomic E-state index is 13.4. The number of benzene rings is 1. The first-order valence-corrected chi connectivity index (χ1v) is 11.6. The maximum absolute atomic E-state index is 13.4. The van der Waals surface area contributed by atoms with Crippen LogP contribution < -0.4 is 9.47 Å². The van der Waals surface area contributed by atoms with Crippen molar-refractivity contribution in [1.29, 1.82) is 0 Å². The number of methoxy groups -OCH3 is 3. The van der Waals surface area contributed by atoms with E-state index in [1.165, 1.54) is 33.5 Å². The van der Waals surface area contributed by atoms with Crippen LogP contribution in [0.2, 0.25) is 0 Å². The van der Waals surface area contributed by atoms with E-state index in [9.17, 15) is 9.59 Å². The summed E-state index contributed by atoms with van der Waals surface area (Å²) in [5, 5.41) is 0. The predicted octanol–water partition coefficient (Wildman–Crippen LogP) is 3.27. The van der Waals surface area contributed by atoms with Crippen molar-refractivity contribution in [3.63, 3.8) is 0 Å². The van der Waals surface area contributed by atoms with E-state index in [4.69, 9.17) is 37.9 Å². The first-order valence-electron chi connectivity index (χ1n) is 11.6. The normalized spacial score (nSPS) is 27.8. The molecule has 1 saturated heterocycles. The largest absolute Gasteiger partial charge is 0.497 e. The molecular weight excluding hydrogens is 472 g/mol. The lowest BCUT2D eigenvalue weighted by Gasteiger charge is -2.23. The SMILES string of the molecule is COCOc1cc(OC)cc2c1C(=O)O[C@@H](C)[C@H](OCOC)/C=C\C(=O)[C@H]1OC(C)(C)O[C@H]1C/C=C/2. The molecule has 4 atom stereocenters. The number of carbonyl (C=O) groups excluding carboxylic acids is 2. The first kappa shape index (κ1) is 27.8. The van der Waals surface area contributed by atoms with Gasteiger partial charge in [0.05, 0.1) is 13.2 Å². The van der Waals surface area contributed by atoms with Crippen molar-refractivity contribution in [2.45, 2.75) is 57.4 Å². The fraction of sp³-hybridized carbons (Fsp3) is 0.538. The van der Waals surface area contributed by atoms with Crippen molar-refractivity contribution in [2.24, 2.45) is 0 Å². The van der Waals surface area contributed by atoms with Gasteiger partial charge >= 0.3 is 5.97 Å². The topological polar surface area (TPSA) is 108 Å². The van der Waals surface area contributed by atoms with Crippen molar-refractivity contribution >= 4 is 17.8 Å². The molecule has 1 fully saturated rings. The Morgan fingerprint density at radius 1 is 1.03 bits per heavy atom. The molecule has 10 nitrogen and oxygen atoms in total. The number of carbonyl (C=O) groups is 2. The third-order valence-electron chi connectivity index (χ3n) is 5.59. The number of ether oxygens (including phenoxy) is 8. The molecule has 1 aromatic carbocycles. The van der Waals surface area contributed by atoms with Crippen LogP contribution in [0.1, 0.15) is 43.1 Å². The van der Waals surface area contributed by atoms with Crippen LogP contribution in [0, 0.1) is 0 Å². The van der Waals surface area contributed by atoms with Crippen LogP contribution in [-0.2, 0) is 33.2 Å². The van der Waals surface area contributed by atoms with E-state index < -0.39 is 36.2 Å². The van der Waals surface area contributed by atoms with Crippen molar-refractivity contribution in [3.05, 3.63) is 41.5 Å². The smallest absolute Gasteiger partial charge is 0.342 e. The van der Waals surface area contributed by atoms with E-state index in [-0.39, 0.29) is 30.7 Å². The molecule has 36 heavy (non-hydrogen) atoms. The predicted molar refractivity (Wildman–Crippen MR) is 129 cm³/mol. The molecule has 2 heterocycles. The van der Waals surface area contributed by atoms with Gasteiger partial charge in [0.2, 0.25) is 0 Å². The highest BCUT2D eigenvalue weighted by molar-refractivity contribution is 5.97. The lowest BCUT2D eigenvalue weighted by atomic mass is 10.0. The molecule has 0 radical (unpaired) electrons. The van der Waals surface area contributed by atoms with Gasteiger partial charge in [-0.15, -0.1) is 0 Å². The van der Waals surface area contributed by atoms with Gasteiger partial charge < -0.3 is 37.9 Å². The number of ketones is 1. The van der Waals surface area contributed by atoms with E-state index >= 15 is 0 Å². The van der Waals surface area contributed by atoms with Gasteiger partial charge in [-0.25, -0.2) is 4.79 Å². The molecule has 0 saturated carbocycles. The van der Waals surface area contributed by atoms with Gasteiger partial charge in [-0.2, -0.15) is 0 Å². The highest BCUT2D eigenvalue weighted by Crippen LogP contribution is 2.34. The Balaban J connectivity index is 2.08. The highest BCUT2D eigenvalue weighted by Gasteiger charge is 2.43. The molecule has 0 N–H and O–H groups in total. The van der Waals surface area contributed by atoms with Gasteiger partial charge in [0.15, 0.2) is 18.4 Å². The van der Waals surface area contributed by atoms with Crippen LogP contribution in [0.25, 0.3) is 6.08 Å². The molecule has 10 heteroatoms. The van der Waals surface area contributed by atoms with Crippen molar-refractivity contribution in [3.8, 4) is 11.5 Å². The van der Waals surface area contributed by atoms with Crippen LogP contribution in [0.5, 0.6) is 11.5 Å². The molecule has 0 amide bonds. The second-order valence-corrected chi connectivity index (χ2v) is 8.78. The summed E-state index contributed by atoms with van der Waals surface area (Å²) >= 11 is 0. The molecule has 3 rings (SSSR count). The van der Waals surface area contributed by atoms with Crippen LogP contribution >= 0.6 is 0 Å². The molecule has 198 valence electrons. The fourth-order valence-electron chi connectivity index (χ4n) is 3.97.